The smallest absolute Gasteiger partial charge is 0.0465 e. The first-order valence-electron chi connectivity index (χ1n) is 5.25. The lowest BCUT2D eigenvalue weighted by Crippen LogP contribution is -2.21. The molecule has 0 aliphatic heterocycles. The zero-order valence-electron chi connectivity index (χ0n) is 9.51. The average Bonchev–Trinajstić information content (AvgIpc) is 2.19. The third kappa shape index (κ3) is 4.92. The van der Waals surface area contributed by atoms with Gasteiger partial charge in [-0.05, 0) is 44.6 Å². The van der Waals surface area contributed by atoms with Crippen molar-refractivity contribution in [2.45, 2.75) is 25.3 Å². The molecular weight excluding hydrogens is 264 g/mol. The van der Waals surface area contributed by atoms with Crippen molar-refractivity contribution in [3.8, 4) is 0 Å². The van der Waals surface area contributed by atoms with Gasteiger partial charge in [-0.2, -0.15) is 0 Å². The summed E-state index contributed by atoms with van der Waals surface area (Å²) in [5.41, 5.74) is 1.09. The van der Waals surface area contributed by atoms with Crippen LogP contribution in [0, 0.1) is 0 Å². The van der Waals surface area contributed by atoms with Gasteiger partial charge in [0.2, 0.25) is 0 Å². The quantitative estimate of drug-likeness (QED) is 0.721. The topological polar surface area (TPSA) is 3.24 Å². The minimum atomic E-state index is 0.211. The molecule has 0 amide bonds. The van der Waals surface area contributed by atoms with Crippen molar-refractivity contribution in [3.63, 3.8) is 0 Å². The molecule has 1 aromatic rings. The van der Waals surface area contributed by atoms with Crippen LogP contribution in [0.1, 0.15) is 18.9 Å². The molecule has 4 heteroatoms. The number of hydrogen-bond donors (Lipinski definition) is 0. The van der Waals surface area contributed by atoms with Gasteiger partial charge in [-0.25, -0.2) is 0 Å². The standard InChI is InChI=1S/C12H16Cl3N/c1-9(13)5-6-16(2)8-10-3-4-11(14)7-12(10)15/h3-4,7,9H,5-6,8H2,1-2H3. The van der Waals surface area contributed by atoms with Gasteiger partial charge in [0.05, 0.1) is 0 Å². The van der Waals surface area contributed by atoms with E-state index < -0.39 is 0 Å². The lowest BCUT2D eigenvalue weighted by atomic mass is 10.2. The molecule has 0 saturated carbocycles. The Balaban J connectivity index is 2.52. The zero-order chi connectivity index (χ0) is 12.1. The number of nitrogens with zero attached hydrogens (tertiary/aromatic N) is 1. The largest absolute Gasteiger partial charge is 0.302 e. The number of halogens is 3. The molecule has 0 aliphatic carbocycles. The van der Waals surface area contributed by atoms with E-state index in [0.29, 0.717) is 5.02 Å². The maximum absolute atomic E-state index is 6.10. The molecule has 0 saturated heterocycles. The lowest BCUT2D eigenvalue weighted by Gasteiger charge is -2.18. The van der Waals surface area contributed by atoms with E-state index in [2.05, 4.69) is 11.9 Å². The zero-order valence-corrected chi connectivity index (χ0v) is 11.8. The molecule has 1 atom stereocenters. The van der Waals surface area contributed by atoms with Gasteiger partial charge in [-0.15, -0.1) is 11.6 Å². The molecule has 1 nitrogen and oxygen atoms in total. The van der Waals surface area contributed by atoms with Crippen LogP contribution in [0.25, 0.3) is 0 Å². The minimum Gasteiger partial charge on any atom is -0.302 e. The molecule has 0 aromatic heterocycles. The van der Waals surface area contributed by atoms with Gasteiger partial charge in [0.25, 0.3) is 0 Å². The van der Waals surface area contributed by atoms with Crippen LogP contribution >= 0.6 is 34.8 Å². The van der Waals surface area contributed by atoms with E-state index in [1.54, 1.807) is 6.07 Å². The SMILES string of the molecule is CC(Cl)CCN(C)Cc1ccc(Cl)cc1Cl. The Bertz CT molecular complexity index is 339. The summed E-state index contributed by atoms with van der Waals surface area (Å²) in [5.74, 6) is 0. The summed E-state index contributed by atoms with van der Waals surface area (Å²) >= 11 is 17.8. The fourth-order valence-electron chi connectivity index (χ4n) is 1.42. The van der Waals surface area contributed by atoms with E-state index >= 15 is 0 Å². The Kier molecular flexibility index (Phi) is 5.91. The predicted molar refractivity (Wildman–Crippen MR) is 72.7 cm³/mol. The second-order valence-corrected chi connectivity index (χ2v) is 5.63. The lowest BCUT2D eigenvalue weighted by molar-refractivity contribution is 0.322. The van der Waals surface area contributed by atoms with Crippen molar-refractivity contribution >= 4 is 34.8 Å². The molecule has 0 fully saturated rings. The van der Waals surface area contributed by atoms with E-state index in [9.17, 15) is 0 Å². The number of rotatable bonds is 5. The maximum Gasteiger partial charge on any atom is 0.0465 e. The van der Waals surface area contributed by atoms with E-state index in [1.165, 1.54) is 0 Å². The average molecular weight is 281 g/mol. The van der Waals surface area contributed by atoms with Crippen molar-refractivity contribution in [2.75, 3.05) is 13.6 Å². The minimum absolute atomic E-state index is 0.211. The molecule has 0 aliphatic rings. The van der Waals surface area contributed by atoms with Crippen LogP contribution in [-0.4, -0.2) is 23.9 Å². The monoisotopic (exact) mass is 279 g/mol. The van der Waals surface area contributed by atoms with Gasteiger partial charge in [-0.3, -0.25) is 0 Å². The Morgan fingerprint density at radius 3 is 2.56 bits per heavy atom. The summed E-state index contributed by atoms with van der Waals surface area (Å²) in [6.07, 6.45) is 0.975. The molecular formula is C12H16Cl3N. The summed E-state index contributed by atoms with van der Waals surface area (Å²) in [7, 11) is 2.06. The number of hydrogen-bond acceptors (Lipinski definition) is 1. The van der Waals surface area contributed by atoms with Crippen molar-refractivity contribution in [1.82, 2.24) is 4.90 Å². The molecule has 16 heavy (non-hydrogen) atoms. The van der Waals surface area contributed by atoms with Crippen molar-refractivity contribution < 1.29 is 0 Å². The molecule has 0 N–H and O–H groups in total. The van der Waals surface area contributed by atoms with Crippen molar-refractivity contribution in [2.24, 2.45) is 0 Å². The van der Waals surface area contributed by atoms with Crippen molar-refractivity contribution in [1.29, 1.82) is 0 Å². The van der Waals surface area contributed by atoms with Gasteiger partial charge >= 0.3 is 0 Å². The fourth-order valence-corrected chi connectivity index (χ4v) is 1.98. The van der Waals surface area contributed by atoms with E-state index in [4.69, 9.17) is 34.8 Å². The summed E-state index contributed by atoms with van der Waals surface area (Å²) in [4.78, 5) is 2.20. The first-order valence-corrected chi connectivity index (χ1v) is 6.45. The third-order valence-electron chi connectivity index (χ3n) is 2.36. The predicted octanol–water partition coefficient (Wildman–Crippen LogP) is 4.44. The highest BCUT2D eigenvalue weighted by Crippen LogP contribution is 2.22. The van der Waals surface area contributed by atoms with E-state index in [-0.39, 0.29) is 5.38 Å². The highest BCUT2D eigenvalue weighted by Gasteiger charge is 2.06. The Hall–Kier alpha value is 0.0500. The van der Waals surface area contributed by atoms with Crippen LogP contribution in [0.2, 0.25) is 10.0 Å². The van der Waals surface area contributed by atoms with E-state index in [0.717, 1.165) is 30.1 Å². The second kappa shape index (κ2) is 6.70. The molecule has 0 radical (unpaired) electrons. The van der Waals surface area contributed by atoms with Gasteiger partial charge < -0.3 is 4.90 Å². The third-order valence-corrected chi connectivity index (χ3v) is 3.17. The summed E-state index contributed by atoms with van der Waals surface area (Å²) in [5, 5.41) is 1.60. The molecule has 0 spiro atoms. The fraction of sp³-hybridized carbons (Fsp3) is 0.500. The summed E-state index contributed by atoms with van der Waals surface area (Å²) < 4.78 is 0. The van der Waals surface area contributed by atoms with Crippen LogP contribution in [0.15, 0.2) is 18.2 Å². The first kappa shape index (κ1) is 14.1. The second-order valence-electron chi connectivity index (χ2n) is 4.04. The molecule has 0 bridgehead atoms. The van der Waals surface area contributed by atoms with Gasteiger partial charge in [0, 0.05) is 22.0 Å². The normalized spacial score (nSPS) is 13.1. The molecule has 90 valence electrons. The van der Waals surface area contributed by atoms with Crippen LogP contribution in [0.3, 0.4) is 0 Å². The van der Waals surface area contributed by atoms with E-state index in [1.807, 2.05) is 19.1 Å². The summed E-state index contributed by atoms with van der Waals surface area (Å²) in [6, 6.07) is 5.60. The molecule has 0 heterocycles. The van der Waals surface area contributed by atoms with Crippen molar-refractivity contribution in [3.05, 3.63) is 33.8 Å². The van der Waals surface area contributed by atoms with Crippen LogP contribution in [0.5, 0.6) is 0 Å². The maximum atomic E-state index is 6.10. The van der Waals surface area contributed by atoms with Crippen LogP contribution < -0.4 is 0 Å². The molecule has 1 rings (SSSR count). The Labute approximate surface area is 112 Å². The van der Waals surface area contributed by atoms with Crippen LogP contribution in [-0.2, 0) is 6.54 Å². The van der Waals surface area contributed by atoms with Gasteiger partial charge in [0.1, 0.15) is 0 Å². The highest BCUT2D eigenvalue weighted by molar-refractivity contribution is 6.35. The highest BCUT2D eigenvalue weighted by atomic mass is 35.5. The first-order chi connectivity index (χ1) is 7.49. The molecule has 1 unspecified atom stereocenters. The summed E-state index contributed by atoms with van der Waals surface area (Å²) in [6.45, 7) is 3.79. The van der Waals surface area contributed by atoms with Gasteiger partial charge in [-0.1, -0.05) is 29.3 Å². The number of alkyl halides is 1. The van der Waals surface area contributed by atoms with Crippen LogP contribution in [0.4, 0.5) is 0 Å². The Morgan fingerprint density at radius 2 is 2.00 bits per heavy atom. The molecule has 1 aromatic carbocycles. The Morgan fingerprint density at radius 1 is 1.31 bits per heavy atom. The van der Waals surface area contributed by atoms with Gasteiger partial charge in [0.15, 0.2) is 0 Å². The number of benzene rings is 1.